The third-order valence-corrected chi connectivity index (χ3v) is 10.9. The quantitative estimate of drug-likeness (QED) is 0.147. The average Bonchev–Trinajstić information content (AvgIpc) is 3.35. The fourth-order valence-corrected chi connectivity index (χ4v) is 7.89. The molecule has 1 heterocycles. The lowest BCUT2D eigenvalue weighted by Gasteiger charge is -2.14. The Morgan fingerprint density at radius 3 is 0.900 bits per heavy atom. The van der Waals surface area contributed by atoms with E-state index >= 15 is 0 Å². The van der Waals surface area contributed by atoms with Crippen LogP contribution < -0.4 is 0 Å². The first-order valence-electron chi connectivity index (χ1n) is 20.3. The second kappa shape index (κ2) is 16.5. The largest absolute Gasteiger partial charge is 0.208 e. The first kappa shape index (κ1) is 36.3. The van der Waals surface area contributed by atoms with Gasteiger partial charge in [-0.25, -0.2) is 15.0 Å². The van der Waals surface area contributed by atoms with Crippen LogP contribution >= 0.6 is 0 Å². The molecule has 0 saturated heterocycles. The highest BCUT2D eigenvalue weighted by atomic mass is 15.0. The number of nitrogens with zero attached hydrogens (tertiary/aromatic N) is 3. The fourth-order valence-electron chi connectivity index (χ4n) is 7.89. The van der Waals surface area contributed by atoms with Gasteiger partial charge in [-0.1, -0.05) is 200 Å². The lowest BCUT2D eigenvalue weighted by Crippen LogP contribution is -2.00. The molecule has 0 fully saturated rings. The van der Waals surface area contributed by atoms with Gasteiger partial charge >= 0.3 is 0 Å². The van der Waals surface area contributed by atoms with Crippen molar-refractivity contribution in [2.24, 2.45) is 0 Å². The van der Waals surface area contributed by atoms with Crippen molar-refractivity contribution in [2.75, 3.05) is 0 Å². The van der Waals surface area contributed by atoms with Gasteiger partial charge in [0.15, 0.2) is 17.5 Å². The highest BCUT2D eigenvalue weighted by Gasteiger charge is 2.16. The lowest BCUT2D eigenvalue weighted by atomic mass is 9.91. The molecule has 0 aliphatic heterocycles. The van der Waals surface area contributed by atoms with Gasteiger partial charge in [0.25, 0.3) is 0 Å². The molecule has 0 spiro atoms. The van der Waals surface area contributed by atoms with Crippen molar-refractivity contribution in [3.8, 4) is 101 Å². The van der Waals surface area contributed by atoms with E-state index < -0.39 is 0 Å². The third-order valence-electron chi connectivity index (χ3n) is 10.9. The summed E-state index contributed by atoms with van der Waals surface area (Å²) in [5, 5.41) is 0. The zero-order chi connectivity index (χ0) is 40.1. The second-order valence-corrected chi connectivity index (χ2v) is 14.9. The van der Waals surface area contributed by atoms with E-state index in [1.165, 1.54) is 33.4 Å². The molecule has 0 aliphatic carbocycles. The summed E-state index contributed by atoms with van der Waals surface area (Å²) in [4.78, 5) is 15.1. The molecular weight excluding hydrogens is 727 g/mol. The molecule has 3 nitrogen and oxygen atoms in total. The van der Waals surface area contributed by atoms with E-state index in [1.54, 1.807) is 0 Å². The number of benzene rings is 9. The van der Waals surface area contributed by atoms with E-state index in [4.69, 9.17) is 15.0 Å². The van der Waals surface area contributed by atoms with E-state index in [2.05, 4.69) is 176 Å². The Bertz CT molecular complexity index is 3010. The minimum absolute atomic E-state index is 0.624. The average molecular weight is 766 g/mol. The van der Waals surface area contributed by atoms with Crippen molar-refractivity contribution < 1.29 is 0 Å². The molecule has 0 amide bonds. The maximum atomic E-state index is 5.10. The van der Waals surface area contributed by atoms with Crippen LogP contribution in [0.25, 0.3) is 101 Å². The third kappa shape index (κ3) is 7.68. The van der Waals surface area contributed by atoms with Gasteiger partial charge in [0.2, 0.25) is 0 Å². The predicted molar refractivity (Wildman–Crippen MR) is 249 cm³/mol. The van der Waals surface area contributed by atoms with Crippen LogP contribution in [-0.4, -0.2) is 15.0 Å². The Labute approximate surface area is 351 Å². The maximum Gasteiger partial charge on any atom is 0.164 e. The Balaban J connectivity index is 1.05. The van der Waals surface area contributed by atoms with Gasteiger partial charge in [-0.2, -0.15) is 0 Å². The summed E-state index contributed by atoms with van der Waals surface area (Å²) in [7, 11) is 0. The van der Waals surface area contributed by atoms with Gasteiger partial charge in [0.05, 0.1) is 0 Å². The van der Waals surface area contributed by atoms with E-state index in [0.29, 0.717) is 17.5 Å². The van der Waals surface area contributed by atoms with Crippen molar-refractivity contribution in [3.63, 3.8) is 0 Å². The Morgan fingerprint density at radius 2 is 0.433 bits per heavy atom. The molecule has 0 saturated carbocycles. The Hall–Kier alpha value is -8.01. The molecule has 0 aliphatic rings. The Kier molecular flexibility index (Phi) is 9.97. The summed E-state index contributed by atoms with van der Waals surface area (Å²) < 4.78 is 0. The normalized spacial score (nSPS) is 11.0. The van der Waals surface area contributed by atoms with Crippen molar-refractivity contribution >= 4 is 0 Å². The molecule has 3 heteroatoms. The highest BCUT2D eigenvalue weighted by molar-refractivity contribution is 5.87. The van der Waals surface area contributed by atoms with Crippen LogP contribution in [0.5, 0.6) is 0 Å². The molecule has 0 radical (unpaired) electrons. The monoisotopic (exact) mass is 765 g/mol. The maximum absolute atomic E-state index is 5.10. The lowest BCUT2D eigenvalue weighted by molar-refractivity contribution is 1.07. The van der Waals surface area contributed by atoms with Gasteiger partial charge in [-0.15, -0.1) is 0 Å². The molecule has 10 aromatic rings. The minimum Gasteiger partial charge on any atom is -0.208 e. The first-order chi connectivity index (χ1) is 29.7. The first-order valence-corrected chi connectivity index (χ1v) is 20.3. The number of hydrogen-bond acceptors (Lipinski definition) is 3. The van der Waals surface area contributed by atoms with Crippen molar-refractivity contribution in [1.82, 2.24) is 15.0 Å². The number of hydrogen-bond donors (Lipinski definition) is 0. The van der Waals surface area contributed by atoms with Gasteiger partial charge < -0.3 is 0 Å². The second-order valence-electron chi connectivity index (χ2n) is 14.9. The summed E-state index contributed by atoms with van der Waals surface area (Å²) >= 11 is 0. The summed E-state index contributed by atoms with van der Waals surface area (Å²) in [5.41, 5.74) is 16.7. The summed E-state index contributed by atoms with van der Waals surface area (Å²) in [5.74, 6) is 1.90. The van der Waals surface area contributed by atoms with Crippen molar-refractivity contribution in [3.05, 3.63) is 237 Å². The summed E-state index contributed by atoms with van der Waals surface area (Å²) in [6.07, 6.45) is 0. The van der Waals surface area contributed by atoms with Crippen LogP contribution in [0.1, 0.15) is 0 Å². The van der Waals surface area contributed by atoms with E-state index in [1.807, 2.05) is 60.7 Å². The zero-order valence-electron chi connectivity index (χ0n) is 32.9. The van der Waals surface area contributed by atoms with Crippen molar-refractivity contribution in [2.45, 2.75) is 0 Å². The molecule has 0 bridgehead atoms. The zero-order valence-corrected chi connectivity index (χ0v) is 32.9. The van der Waals surface area contributed by atoms with E-state index in [9.17, 15) is 0 Å². The molecular formula is C57H39N3. The molecule has 1 aromatic heterocycles. The van der Waals surface area contributed by atoms with Crippen molar-refractivity contribution in [1.29, 1.82) is 0 Å². The van der Waals surface area contributed by atoms with Crippen LogP contribution in [0.3, 0.4) is 0 Å². The molecule has 0 atom stereocenters. The van der Waals surface area contributed by atoms with Crippen LogP contribution in [-0.2, 0) is 0 Å². The molecule has 0 unspecified atom stereocenters. The fraction of sp³-hybridized carbons (Fsp3) is 0. The Morgan fingerprint density at radius 1 is 0.167 bits per heavy atom. The van der Waals surface area contributed by atoms with Crippen LogP contribution in [0.15, 0.2) is 237 Å². The molecule has 282 valence electrons. The van der Waals surface area contributed by atoms with E-state index in [-0.39, 0.29) is 0 Å². The number of rotatable bonds is 9. The topological polar surface area (TPSA) is 38.7 Å². The van der Waals surface area contributed by atoms with Gasteiger partial charge in [-0.3, -0.25) is 0 Å². The molecule has 60 heavy (non-hydrogen) atoms. The number of aromatic nitrogens is 3. The van der Waals surface area contributed by atoms with Crippen LogP contribution in [0, 0.1) is 0 Å². The van der Waals surface area contributed by atoms with Crippen LogP contribution in [0.2, 0.25) is 0 Å². The molecule has 9 aromatic carbocycles. The highest BCUT2D eigenvalue weighted by Crippen LogP contribution is 2.37. The van der Waals surface area contributed by atoms with Gasteiger partial charge in [0, 0.05) is 16.7 Å². The van der Waals surface area contributed by atoms with Gasteiger partial charge in [-0.05, 0) is 103 Å². The summed E-state index contributed by atoms with van der Waals surface area (Å²) in [6, 6.07) is 83.3. The SMILES string of the molecule is c1ccc(-c2cc(-c3cccc(-c4cccc(-c5cccc(-c6ccccc6-c6ccccc6)c5)c4)c3)cc(-c3nc(-c4ccccc4)nc(-c4ccccc4)n3)c2)cc1. The minimum atomic E-state index is 0.624. The molecule has 0 N–H and O–H groups in total. The molecule has 10 rings (SSSR count). The van der Waals surface area contributed by atoms with E-state index in [0.717, 1.165) is 50.1 Å². The van der Waals surface area contributed by atoms with Gasteiger partial charge in [0.1, 0.15) is 0 Å². The van der Waals surface area contributed by atoms with Crippen LogP contribution in [0.4, 0.5) is 0 Å². The summed E-state index contributed by atoms with van der Waals surface area (Å²) in [6.45, 7) is 0. The standard InChI is InChI=1S/C57H39N3/c1-5-18-40(19-6-1)50-37-51(39-52(38-50)57-59-55(42-22-9-3-10-23-42)58-56(60-57)43-24-11-4-12-25-43)48-30-16-28-46(35-48)44-26-15-27-45(34-44)47-29-17-31-49(36-47)54-33-14-13-32-53(54)41-20-7-2-8-21-41/h1-39H. The smallest absolute Gasteiger partial charge is 0.164 e. The predicted octanol–water partition coefficient (Wildman–Crippen LogP) is 14.9.